The van der Waals surface area contributed by atoms with E-state index in [-0.39, 0.29) is 6.04 Å². The van der Waals surface area contributed by atoms with Crippen LogP contribution < -0.4 is 5.73 Å². The second-order valence-corrected chi connectivity index (χ2v) is 6.06. The summed E-state index contributed by atoms with van der Waals surface area (Å²) < 4.78 is 0. The Morgan fingerprint density at radius 3 is 2.42 bits per heavy atom. The van der Waals surface area contributed by atoms with Crippen LogP contribution in [0.2, 0.25) is 5.02 Å². The minimum absolute atomic E-state index is 0.320. The van der Waals surface area contributed by atoms with Gasteiger partial charge < -0.3 is 10.7 Å². The summed E-state index contributed by atoms with van der Waals surface area (Å²) in [5.74, 6) is 0.735. The maximum Gasteiger partial charge on any atom is 0.128 e. The zero-order valence-corrected chi connectivity index (χ0v) is 13.5. The molecule has 4 aromatic rings. The maximum absolute atomic E-state index is 6.33. The molecule has 0 radical (unpaired) electrons. The molecule has 0 amide bonds. The Bertz CT molecular complexity index is 977. The molecule has 0 aliphatic rings. The highest BCUT2D eigenvalue weighted by Gasteiger charge is 2.14. The number of H-pyrrole nitrogens is 1. The minimum atomic E-state index is -0.320. The molecular weight excluding hydrogens is 320 g/mol. The molecule has 118 valence electrons. The van der Waals surface area contributed by atoms with E-state index in [1.54, 1.807) is 12.4 Å². The quantitative estimate of drug-likeness (QED) is 0.586. The zero-order chi connectivity index (χ0) is 16.5. The first kappa shape index (κ1) is 14.9. The van der Waals surface area contributed by atoms with E-state index in [1.165, 1.54) is 0 Å². The number of benzene rings is 2. The molecule has 0 saturated heterocycles. The maximum atomic E-state index is 6.33. The third-order valence-corrected chi connectivity index (χ3v) is 4.29. The predicted molar refractivity (Wildman–Crippen MR) is 96.8 cm³/mol. The largest absolute Gasteiger partial charge is 0.340 e. The highest BCUT2D eigenvalue weighted by Crippen LogP contribution is 2.25. The summed E-state index contributed by atoms with van der Waals surface area (Å²) >= 11 is 5.93. The number of nitrogens with zero attached hydrogens (tertiary/aromatic N) is 2. The van der Waals surface area contributed by atoms with Crippen LogP contribution in [0.25, 0.3) is 22.2 Å². The molecule has 4 rings (SSSR count). The molecule has 2 heterocycles. The first-order chi connectivity index (χ1) is 11.7. The van der Waals surface area contributed by atoms with Gasteiger partial charge in [-0.25, -0.2) is 4.98 Å². The molecule has 3 N–H and O–H groups in total. The Balaban J connectivity index is 1.72. The normalized spacial score (nSPS) is 12.4. The highest BCUT2D eigenvalue weighted by molar-refractivity contribution is 6.30. The van der Waals surface area contributed by atoms with Crippen molar-refractivity contribution in [3.8, 4) is 11.1 Å². The third-order valence-electron chi connectivity index (χ3n) is 4.04. The van der Waals surface area contributed by atoms with Crippen LogP contribution >= 0.6 is 11.6 Å². The van der Waals surface area contributed by atoms with Crippen molar-refractivity contribution in [3.05, 3.63) is 83.4 Å². The van der Waals surface area contributed by atoms with E-state index >= 15 is 0 Å². The van der Waals surface area contributed by atoms with Crippen molar-refractivity contribution in [1.29, 1.82) is 0 Å². The van der Waals surface area contributed by atoms with Gasteiger partial charge in [-0.2, -0.15) is 0 Å². The fraction of sp³-hybridized carbons (Fsp3) is 0.0526. The smallest absolute Gasteiger partial charge is 0.128 e. The van der Waals surface area contributed by atoms with Crippen molar-refractivity contribution in [2.24, 2.45) is 5.73 Å². The first-order valence-electron chi connectivity index (χ1n) is 7.62. The van der Waals surface area contributed by atoms with Crippen LogP contribution in [0.3, 0.4) is 0 Å². The summed E-state index contributed by atoms with van der Waals surface area (Å²) in [7, 11) is 0. The van der Waals surface area contributed by atoms with Crippen molar-refractivity contribution < 1.29 is 0 Å². The lowest BCUT2D eigenvalue weighted by atomic mass is 10.1. The van der Waals surface area contributed by atoms with Crippen LogP contribution in [0.4, 0.5) is 0 Å². The fourth-order valence-electron chi connectivity index (χ4n) is 2.73. The monoisotopic (exact) mass is 334 g/mol. The summed E-state index contributed by atoms with van der Waals surface area (Å²) in [6.45, 7) is 0. The average Bonchev–Trinajstić information content (AvgIpc) is 3.06. The number of hydrogen-bond donors (Lipinski definition) is 2. The van der Waals surface area contributed by atoms with Crippen molar-refractivity contribution in [3.63, 3.8) is 0 Å². The topological polar surface area (TPSA) is 67.6 Å². The summed E-state index contributed by atoms with van der Waals surface area (Å²) in [6, 6.07) is 17.3. The molecule has 0 aliphatic carbocycles. The van der Waals surface area contributed by atoms with Crippen molar-refractivity contribution in [1.82, 2.24) is 15.0 Å². The molecular formula is C19H15ClN4. The zero-order valence-electron chi connectivity index (χ0n) is 12.8. The van der Waals surface area contributed by atoms with Crippen molar-refractivity contribution in [2.75, 3.05) is 0 Å². The second-order valence-electron chi connectivity index (χ2n) is 5.62. The number of aromatic amines is 1. The van der Waals surface area contributed by atoms with Gasteiger partial charge in [0.1, 0.15) is 5.82 Å². The van der Waals surface area contributed by atoms with Gasteiger partial charge in [0, 0.05) is 17.4 Å². The van der Waals surface area contributed by atoms with Gasteiger partial charge in [0.2, 0.25) is 0 Å². The Labute approximate surface area is 144 Å². The van der Waals surface area contributed by atoms with Crippen LogP contribution in [0.5, 0.6) is 0 Å². The molecule has 0 aliphatic heterocycles. The van der Waals surface area contributed by atoms with Gasteiger partial charge in [0.05, 0.1) is 17.1 Å². The Hall–Kier alpha value is -2.69. The van der Waals surface area contributed by atoms with E-state index in [0.717, 1.165) is 33.5 Å². The molecule has 1 atom stereocenters. The summed E-state index contributed by atoms with van der Waals surface area (Å²) in [5.41, 5.74) is 11.4. The first-order valence-corrected chi connectivity index (χ1v) is 7.99. The Morgan fingerprint density at radius 1 is 0.917 bits per heavy atom. The van der Waals surface area contributed by atoms with Gasteiger partial charge >= 0.3 is 0 Å². The molecule has 5 heteroatoms. The number of hydrogen-bond acceptors (Lipinski definition) is 3. The van der Waals surface area contributed by atoms with Gasteiger partial charge in [-0.1, -0.05) is 29.8 Å². The van der Waals surface area contributed by atoms with Crippen LogP contribution in [-0.4, -0.2) is 15.0 Å². The number of imidazole rings is 1. The van der Waals surface area contributed by atoms with Gasteiger partial charge in [-0.15, -0.1) is 0 Å². The summed E-state index contributed by atoms with van der Waals surface area (Å²) in [5, 5.41) is 0.692. The molecule has 24 heavy (non-hydrogen) atoms. The van der Waals surface area contributed by atoms with E-state index in [9.17, 15) is 0 Å². The lowest BCUT2D eigenvalue weighted by molar-refractivity contribution is 0.806. The molecule has 0 bridgehead atoms. The van der Waals surface area contributed by atoms with Crippen LogP contribution in [0.1, 0.15) is 17.4 Å². The number of fused-ring (bicyclic) bond motifs is 1. The van der Waals surface area contributed by atoms with Gasteiger partial charge in [0.15, 0.2) is 0 Å². The molecule has 0 fully saturated rings. The number of pyridine rings is 1. The highest BCUT2D eigenvalue weighted by atomic mass is 35.5. The fourth-order valence-corrected chi connectivity index (χ4v) is 2.85. The Morgan fingerprint density at radius 2 is 1.67 bits per heavy atom. The number of halogens is 1. The molecule has 0 spiro atoms. The van der Waals surface area contributed by atoms with Gasteiger partial charge in [-0.3, -0.25) is 4.98 Å². The van der Waals surface area contributed by atoms with E-state index in [0.29, 0.717) is 5.02 Å². The Kier molecular flexibility index (Phi) is 3.76. The number of aromatic nitrogens is 3. The van der Waals surface area contributed by atoms with Gasteiger partial charge in [-0.05, 0) is 53.1 Å². The number of nitrogens with one attached hydrogen (secondary N) is 1. The molecule has 2 aromatic heterocycles. The van der Waals surface area contributed by atoms with E-state index in [1.807, 2.05) is 42.5 Å². The van der Waals surface area contributed by atoms with Crippen LogP contribution in [0.15, 0.2) is 67.0 Å². The number of nitrogens with two attached hydrogens (primary N) is 1. The lowest BCUT2D eigenvalue weighted by Crippen LogP contribution is -2.13. The van der Waals surface area contributed by atoms with Gasteiger partial charge in [0.25, 0.3) is 0 Å². The second kappa shape index (κ2) is 6.07. The van der Waals surface area contributed by atoms with Crippen molar-refractivity contribution >= 4 is 22.6 Å². The lowest BCUT2D eigenvalue weighted by Gasteiger charge is -2.08. The average molecular weight is 335 g/mol. The third kappa shape index (κ3) is 2.77. The van der Waals surface area contributed by atoms with E-state index < -0.39 is 0 Å². The molecule has 4 nitrogen and oxygen atoms in total. The van der Waals surface area contributed by atoms with Crippen LogP contribution in [0, 0.1) is 0 Å². The molecule has 1 unspecified atom stereocenters. The molecule has 2 aromatic carbocycles. The minimum Gasteiger partial charge on any atom is -0.340 e. The van der Waals surface area contributed by atoms with E-state index in [2.05, 4.69) is 27.1 Å². The SMILES string of the molecule is NC(c1ccc(Cl)cc1)c1nc2ccc(-c3ccncc3)cc2[nH]1. The predicted octanol–water partition coefficient (Wildman–Crippen LogP) is 4.33. The summed E-state index contributed by atoms with van der Waals surface area (Å²) in [6.07, 6.45) is 3.57. The summed E-state index contributed by atoms with van der Waals surface area (Å²) in [4.78, 5) is 12.0. The van der Waals surface area contributed by atoms with Crippen LogP contribution in [-0.2, 0) is 0 Å². The van der Waals surface area contributed by atoms with Crippen molar-refractivity contribution in [2.45, 2.75) is 6.04 Å². The standard InChI is InChI=1S/C19H15ClN4/c20-15-4-1-13(2-5-15)18(21)19-23-16-6-3-14(11-17(16)24-19)12-7-9-22-10-8-12/h1-11,18H,21H2,(H,23,24). The number of rotatable bonds is 3. The molecule has 0 saturated carbocycles. The van der Waals surface area contributed by atoms with E-state index in [4.69, 9.17) is 17.3 Å².